The van der Waals surface area contributed by atoms with Gasteiger partial charge in [0.15, 0.2) is 5.82 Å². The molecule has 0 radical (unpaired) electrons. The van der Waals surface area contributed by atoms with Crippen molar-refractivity contribution in [2.75, 3.05) is 0 Å². The minimum atomic E-state index is -4.23. The lowest BCUT2D eigenvalue weighted by molar-refractivity contribution is -0.186. The standard InChI is InChI=1S/C17H19F3N4O/c18-17(19,20)14-6-1-4-12(10-14)16(25)22-11-13-5-2-7-21-15(13)24-9-3-8-23-24/h2-3,5,7-9,12,14H,1,4,6,10-11H2,(H,22,25). The van der Waals surface area contributed by atoms with Crippen LogP contribution in [0.5, 0.6) is 0 Å². The monoisotopic (exact) mass is 352 g/mol. The van der Waals surface area contributed by atoms with Crippen molar-refractivity contribution in [1.29, 1.82) is 0 Å². The maximum Gasteiger partial charge on any atom is 0.391 e. The lowest BCUT2D eigenvalue weighted by Crippen LogP contribution is -2.37. The summed E-state index contributed by atoms with van der Waals surface area (Å²) >= 11 is 0. The summed E-state index contributed by atoms with van der Waals surface area (Å²) in [4.78, 5) is 16.6. The van der Waals surface area contributed by atoms with E-state index >= 15 is 0 Å². The van der Waals surface area contributed by atoms with Gasteiger partial charge in [-0.1, -0.05) is 12.5 Å². The van der Waals surface area contributed by atoms with Crippen molar-refractivity contribution < 1.29 is 18.0 Å². The molecule has 134 valence electrons. The number of aromatic nitrogens is 3. The lowest BCUT2D eigenvalue weighted by atomic mass is 9.80. The van der Waals surface area contributed by atoms with E-state index in [1.54, 1.807) is 35.4 Å². The van der Waals surface area contributed by atoms with Crippen LogP contribution in [0.2, 0.25) is 0 Å². The molecule has 2 atom stereocenters. The summed E-state index contributed by atoms with van der Waals surface area (Å²) < 4.78 is 40.3. The molecule has 25 heavy (non-hydrogen) atoms. The van der Waals surface area contributed by atoms with Crippen LogP contribution in [0.1, 0.15) is 31.2 Å². The van der Waals surface area contributed by atoms with Gasteiger partial charge in [-0.05, 0) is 31.4 Å². The number of hydrogen-bond acceptors (Lipinski definition) is 3. The Labute approximate surface area is 143 Å². The third-order valence-electron chi connectivity index (χ3n) is 4.55. The Balaban J connectivity index is 1.63. The van der Waals surface area contributed by atoms with Crippen LogP contribution in [0, 0.1) is 11.8 Å². The summed E-state index contributed by atoms with van der Waals surface area (Å²) in [5.41, 5.74) is 0.753. The summed E-state index contributed by atoms with van der Waals surface area (Å²) in [5.74, 6) is -1.71. The number of nitrogens with zero attached hydrogens (tertiary/aromatic N) is 3. The van der Waals surface area contributed by atoms with Crippen LogP contribution in [0.25, 0.3) is 5.82 Å². The molecule has 1 aliphatic carbocycles. The summed E-state index contributed by atoms with van der Waals surface area (Å²) in [7, 11) is 0. The van der Waals surface area contributed by atoms with Gasteiger partial charge in [0.1, 0.15) is 0 Å². The molecule has 2 heterocycles. The molecule has 0 aliphatic heterocycles. The number of rotatable bonds is 4. The molecule has 1 fully saturated rings. The molecule has 0 aromatic carbocycles. The molecule has 1 aliphatic rings. The van der Waals surface area contributed by atoms with Gasteiger partial charge >= 0.3 is 6.18 Å². The van der Waals surface area contributed by atoms with Crippen LogP contribution in [0.15, 0.2) is 36.8 Å². The number of pyridine rings is 1. The SMILES string of the molecule is O=C(NCc1cccnc1-n1cccn1)C1CCCC(C(F)(F)F)C1. The number of nitrogens with one attached hydrogen (secondary N) is 1. The number of alkyl halides is 3. The van der Waals surface area contributed by atoms with Crippen molar-refractivity contribution in [3.8, 4) is 5.82 Å². The average molecular weight is 352 g/mol. The Morgan fingerprint density at radius 1 is 1.28 bits per heavy atom. The number of carbonyl (C=O) groups excluding carboxylic acids is 1. The molecule has 0 saturated heterocycles. The normalized spacial score (nSPS) is 21.1. The van der Waals surface area contributed by atoms with Gasteiger partial charge in [-0.25, -0.2) is 9.67 Å². The van der Waals surface area contributed by atoms with E-state index in [0.29, 0.717) is 18.7 Å². The quantitative estimate of drug-likeness (QED) is 0.919. The molecule has 2 aromatic heterocycles. The van der Waals surface area contributed by atoms with Gasteiger partial charge in [0.2, 0.25) is 5.91 Å². The number of halogens is 3. The van der Waals surface area contributed by atoms with E-state index in [2.05, 4.69) is 15.4 Å². The highest BCUT2D eigenvalue weighted by molar-refractivity contribution is 5.78. The van der Waals surface area contributed by atoms with Crippen LogP contribution in [-0.4, -0.2) is 26.8 Å². The lowest BCUT2D eigenvalue weighted by Gasteiger charge is -2.29. The molecular formula is C17H19F3N4O. The fourth-order valence-corrected chi connectivity index (χ4v) is 3.22. The van der Waals surface area contributed by atoms with Crippen molar-refractivity contribution in [1.82, 2.24) is 20.1 Å². The highest BCUT2D eigenvalue weighted by Crippen LogP contribution is 2.39. The van der Waals surface area contributed by atoms with Crippen LogP contribution < -0.4 is 5.32 Å². The minimum absolute atomic E-state index is 0.110. The zero-order valence-electron chi connectivity index (χ0n) is 13.5. The minimum Gasteiger partial charge on any atom is -0.352 e. The average Bonchev–Trinajstić information content (AvgIpc) is 3.14. The van der Waals surface area contributed by atoms with Gasteiger partial charge in [0.05, 0.1) is 5.92 Å². The molecule has 0 spiro atoms. The zero-order chi connectivity index (χ0) is 17.9. The zero-order valence-corrected chi connectivity index (χ0v) is 13.5. The van der Waals surface area contributed by atoms with Crippen molar-refractivity contribution in [3.05, 3.63) is 42.4 Å². The van der Waals surface area contributed by atoms with Crippen molar-refractivity contribution in [3.63, 3.8) is 0 Å². The molecule has 1 amide bonds. The number of amides is 1. The van der Waals surface area contributed by atoms with Gasteiger partial charge in [-0.15, -0.1) is 0 Å². The second-order valence-corrected chi connectivity index (χ2v) is 6.26. The number of hydrogen-bond donors (Lipinski definition) is 1. The van der Waals surface area contributed by atoms with Gasteiger partial charge in [0.25, 0.3) is 0 Å². The molecule has 8 heteroatoms. The van der Waals surface area contributed by atoms with E-state index < -0.39 is 18.0 Å². The van der Waals surface area contributed by atoms with Crippen molar-refractivity contribution in [2.24, 2.45) is 11.8 Å². The van der Waals surface area contributed by atoms with E-state index in [0.717, 1.165) is 5.56 Å². The Bertz CT molecular complexity index is 715. The van der Waals surface area contributed by atoms with E-state index in [1.165, 1.54) is 0 Å². The smallest absolute Gasteiger partial charge is 0.352 e. The van der Waals surface area contributed by atoms with Crippen LogP contribution >= 0.6 is 0 Å². The molecule has 3 rings (SSSR count). The first-order chi connectivity index (χ1) is 11.9. The summed E-state index contributed by atoms with van der Waals surface area (Å²) in [5, 5.41) is 6.87. The Morgan fingerprint density at radius 2 is 2.12 bits per heavy atom. The second kappa shape index (κ2) is 7.25. The third-order valence-corrected chi connectivity index (χ3v) is 4.55. The highest BCUT2D eigenvalue weighted by Gasteiger charge is 2.43. The van der Waals surface area contributed by atoms with E-state index in [1.807, 2.05) is 6.07 Å². The van der Waals surface area contributed by atoms with Gasteiger partial charge in [-0.3, -0.25) is 4.79 Å². The third kappa shape index (κ3) is 4.18. The van der Waals surface area contributed by atoms with E-state index in [4.69, 9.17) is 0 Å². The second-order valence-electron chi connectivity index (χ2n) is 6.26. The van der Waals surface area contributed by atoms with Gasteiger partial charge in [-0.2, -0.15) is 18.3 Å². The Kier molecular flexibility index (Phi) is 5.06. The largest absolute Gasteiger partial charge is 0.391 e. The van der Waals surface area contributed by atoms with Crippen molar-refractivity contribution >= 4 is 5.91 Å². The highest BCUT2D eigenvalue weighted by atomic mass is 19.4. The van der Waals surface area contributed by atoms with Gasteiger partial charge in [0, 0.05) is 36.6 Å². The predicted molar refractivity (Wildman–Crippen MR) is 84.7 cm³/mol. The first-order valence-electron chi connectivity index (χ1n) is 8.23. The number of carbonyl (C=O) groups is 1. The summed E-state index contributed by atoms with van der Waals surface area (Å²) in [6, 6.07) is 5.31. The maximum atomic E-state index is 12.9. The topological polar surface area (TPSA) is 59.8 Å². The molecule has 5 nitrogen and oxygen atoms in total. The summed E-state index contributed by atoms with van der Waals surface area (Å²) in [6.45, 7) is 0.203. The molecule has 1 saturated carbocycles. The van der Waals surface area contributed by atoms with Crippen LogP contribution in [0.3, 0.4) is 0 Å². The van der Waals surface area contributed by atoms with Gasteiger partial charge < -0.3 is 5.32 Å². The Morgan fingerprint density at radius 3 is 2.84 bits per heavy atom. The predicted octanol–water partition coefficient (Wildman–Crippen LogP) is 3.25. The van der Waals surface area contributed by atoms with Crippen LogP contribution in [0.4, 0.5) is 13.2 Å². The first-order valence-corrected chi connectivity index (χ1v) is 8.23. The summed E-state index contributed by atoms with van der Waals surface area (Å²) in [6.07, 6.45) is 1.66. The molecule has 1 N–H and O–H groups in total. The molecular weight excluding hydrogens is 333 g/mol. The Hall–Kier alpha value is -2.38. The molecule has 0 bridgehead atoms. The molecule has 2 unspecified atom stereocenters. The van der Waals surface area contributed by atoms with E-state index in [-0.39, 0.29) is 25.3 Å². The fourth-order valence-electron chi connectivity index (χ4n) is 3.22. The van der Waals surface area contributed by atoms with Crippen molar-refractivity contribution in [2.45, 2.75) is 38.4 Å². The van der Waals surface area contributed by atoms with Crippen LogP contribution in [-0.2, 0) is 11.3 Å². The maximum absolute atomic E-state index is 12.9. The molecule has 2 aromatic rings. The fraction of sp³-hybridized carbons (Fsp3) is 0.471. The van der Waals surface area contributed by atoms with E-state index in [9.17, 15) is 18.0 Å². The first kappa shape index (κ1) is 17.4.